The SMILES string of the molecule is CN1CCN(C2CCN(c3ccc(C(C)(C)C)cc3F)CC2)CC1. The Hall–Kier alpha value is -1.13. The van der Waals surface area contributed by atoms with Crippen molar-refractivity contribution in [2.75, 3.05) is 51.2 Å². The predicted molar refractivity (Wildman–Crippen MR) is 99.4 cm³/mol. The van der Waals surface area contributed by atoms with Gasteiger partial charge in [0.05, 0.1) is 5.69 Å². The molecule has 24 heavy (non-hydrogen) atoms. The van der Waals surface area contributed by atoms with Crippen molar-refractivity contribution in [1.29, 1.82) is 0 Å². The molecule has 1 aromatic rings. The highest BCUT2D eigenvalue weighted by Gasteiger charge is 2.28. The molecule has 0 amide bonds. The molecule has 0 atom stereocenters. The first-order valence-corrected chi connectivity index (χ1v) is 9.32. The number of rotatable bonds is 2. The molecule has 134 valence electrons. The summed E-state index contributed by atoms with van der Waals surface area (Å²) in [5, 5.41) is 0. The average molecular weight is 333 g/mol. The molecule has 3 rings (SSSR count). The van der Waals surface area contributed by atoms with E-state index in [2.05, 4.69) is 48.6 Å². The number of likely N-dealkylation sites (N-methyl/N-ethyl adjacent to an activating group) is 1. The zero-order valence-electron chi connectivity index (χ0n) is 15.7. The van der Waals surface area contributed by atoms with E-state index in [0.717, 1.165) is 37.2 Å². The minimum atomic E-state index is -0.0690. The van der Waals surface area contributed by atoms with Crippen LogP contribution >= 0.6 is 0 Å². The lowest BCUT2D eigenvalue weighted by atomic mass is 9.87. The van der Waals surface area contributed by atoms with Crippen LogP contribution < -0.4 is 4.90 Å². The number of benzene rings is 1. The molecular formula is C20H32FN3. The molecule has 0 bridgehead atoms. The highest BCUT2D eigenvalue weighted by Crippen LogP contribution is 2.30. The molecule has 2 saturated heterocycles. The molecule has 0 saturated carbocycles. The Morgan fingerprint density at radius 1 is 0.958 bits per heavy atom. The molecule has 1 aromatic carbocycles. The van der Waals surface area contributed by atoms with Gasteiger partial charge in [-0.3, -0.25) is 4.90 Å². The van der Waals surface area contributed by atoms with Crippen LogP contribution in [0.4, 0.5) is 10.1 Å². The number of hydrogen-bond acceptors (Lipinski definition) is 3. The zero-order valence-corrected chi connectivity index (χ0v) is 15.7. The van der Waals surface area contributed by atoms with Crippen molar-refractivity contribution >= 4 is 5.69 Å². The minimum absolute atomic E-state index is 0.00616. The van der Waals surface area contributed by atoms with Crippen molar-refractivity contribution in [1.82, 2.24) is 9.80 Å². The number of hydrogen-bond donors (Lipinski definition) is 0. The molecule has 4 heteroatoms. The van der Waals surface area contributed by atoms with Gasteiger partial charge in [0, 0.05) is 45.3 Å². The predicted octanol–water partition coefficient (Wildman–Crippen LogP) is 3.34. The summed E-state index contributed by atoms with van der Waals surface area (Å²) >= 11 is 0. The Balaban J connectivity index is 1.60. The maximum absolute atomic E-state index is 14.6. The van der Waals surface area contributed by atoms with Crippen molar-refractivity contribution in [2.45, 2.75) is 45.1 Å². The summed E-state index contributed by atoms with van der Waals surface area (Å²) in [5.41, 5.74) is 1.84. The van der Waals surface area contributed by atoms with Crippen LogP contribution in [0.3, 0.4) is 0 Å². The molecule has 0 unspecified atom stereocenters. The lowest BCUT2D eigenvalue weighted by Crippen LogP contribution is -2.52. The number of anilines is 1. The van der Waals surface area contributed by atoms with Gasteiger partial charge in [0.2, 0.25) is 0 Å². The van der Waals surface area contributed by atoms with Gasteiger partial charge in [-0.1, -0.05) is 26.8 Å². The summed E-state index contributed by atoms with van der Waals surface area (Å²) in [6.07, 6.45) is 2.29. The molecule has 2 aliphatic rings. The van der Waals surface area contributed by atoms with E-state index in [0.29, 0.717) is 6.04 Å². The van der Waals surface area contributed by atoms with Gasteiger partial charge in [0.25, 0.3) is 0 Å². The standard InChI is InChI=1S/C20H32FN3/c1-20(2,3)16-5-6-19(18(21)15-16)24-9-7-17(8-10-24)23-13-11-22(4)12-14-23/h5-6,15,17H,7-14H2,1-4H3. The lowest BCUT2D eigenvalue weighted by Gasteiger charge is -2.42. The fraction of sp³-hybridized carbons (Fsp3) is 0.700. The molecular weight excluding hydrogens is 301 g/mol. The quantitative estimate of drug-likeness (QED) is 0.822. The highest BCUT2D eigenvalue weighted by atomic mass is 19.1. The Labute approximate surface area is 146 Å². The van der Waals surface area contributed by atoms with Crippen molar-refractivity contribution in [3.05, 3.63) is 29.6 Å². The number of piperidine rings is 1. The zero-order chi connectivity index (χ0) is 17.3. The third-order valence-corrected chi connectivity index (χ3v) is 5.67. The maximum atomic E-state index is 14.6. The van der Waals surface area contributed by atoms with Gasteiger partial charge >= 0.3 is 0 Å². The third-order valence-electron chi connectivity index (χ3n) is 5.67. The summed E-state index contributed by atoms with van der Waals surface area (Å²) in [6.45, 7) is 13.0. The molecule has 0 aromatic heterocycles. The van der Waals surface area contributed by atoms with E-state index in [1.807, 2.05) is 6.07 Å². The average Bonchev–Trinajstić information content (AvgIpc) is 2.55. The first-order chi connectivity index (χ1) is 11.3. The van der Waals surface area contributed by atoms with Crippen LogP contribution in [-0.4, -0.2) is 62.2 Å². The van der Waals surface area contributed by atoms with E-state index >= 15 is 0 Å². The fourth-order valence-corrected chi connectivity index (χ4v) is 3.89. The summed E-state index contributed by atoms with van der Waals surface area (Å²) in [5.74, 6) is -0.0690. The van der Waals surface area contributed by atoms with Crippen LogP contribution in [0, 0.1) is 5.82 Å². The Kier molecular flexibility index (Phi) is 5.16. The topological polar surface area (TPSA) is 9.72 Å². The largest absolute Gasteiger partial charge is 0.369 e. The first-order valence-electron chi connectivity index (χ1n) is 9.32. The number of piperazine rings is 1. The Morgan fingerprint density at radius 2 is 1.58 bits per heavy atom. The molecule has 0 aliphatic carbocycles. The van der Waals surface area contributed by atoms with Gasteiger partial charge in [-0.25, -0.2) is 4.39 Å². The summed E-state index contributed by atoms with van der Waals surface area (Å²) in [6, 6.07) is 6.46. The smallest absolute Gasteiger partial charge is 0.146 e. The van der Waals surface area contributed by atoms with E-state index in [1.165, 1.54) is 26.2 Å². The van der Waals surface area contributed by atoms with Crippen LogP contribution in [-0.2, 0) is 5.41 Å². The van der Waals surface area contributed by atoms with Gasteiger partial charge in [-0.05, 0) is 43.0 Å². The molecule has 2 heterocycles. The minimum Gasteiger partial charge on any atom is -0.369 e. The van der Waals surface area contributed by atoms with Crippen LogP contribution in [0.15, 0.2) is 18.2 Å². The van der Waals surface area contributed by atoms with Crippen molar-refractivity contribution in [3.63, 3.8) is 0 Å². The fourth-order valence-electron chi connectivity index (χ4n) is 3.89. The van der Waals surface area contributed by atoms with Gasteiger partial charge in [0.1, 0.15) is 5.82 Å². The molecule has 2 aliphatic heterocycles. The van der Waals surface area contributed by atoms with Crippen LogP contribution in [0.1, 0.15) is 39.2 Å². The van der Waals surface area contributed by atoms with Gasteiger partial charge < -0.3 is 9.80 Å². The number of nitrogens with zero attached hydrogens (tertiary/aromatic N) is 3. The summed E-state index contributed by atoms with van der Waals surface area (Å²) in [7, 11) is 2.20. The van der Waals surface area contributed by atoms with E-state index in [1.54, 1.807) is 6.07 Å². The number of halogens is 1. The van der Waals surface area contributed by atoms with Gasteiger partial charge in [-0.2, -0.15) is 0 Å². The van der Waals surface area contributed by atoms with E-state index in [9.17, 15) is 4.39 Å². The molecule has 0 radical (unpaired) electrons. The molecule has 3 nitrogen and oxygen atoms in total. The highest BCUT2D eigenvalue weighted by molar-refractivity contribution is 5.50. The lowest BCUT2D eigenvalue weighted by molar-refractivity contribution is 0.0981. The van der Waals surface area contributed by atoms with Crippen molar-refractivity contribution < 1.29 is 4.39 Å². The molecule has 0 N–H and O–H groups in total. The second-order valence-corrected chi connectivity index (χ2v) is 8.47. The van der Waals surface area contributed by atoms with E-state index in [4.69, 9.17) is 0 Å². The molecule has 0 spiro atoms. The van der Waals surface area contributed by atoms with Gasteiger partial charge in [-0.15, -0.1) is 0 Å². The van der Waals surface area contributed by atoms with Crippen LogP contribution in [0.2, 0.25) is 0 Å². The Morgan fingerprint density at radius 3 is 2.12 bits per heavy atom. The third kappa shape index (κ3) is 3.92. The van der Waals surface area contributed by atoms with Gasteiger partial charge in [0.15, 0.2) is 0 Å². The second-order valence-electron chi connectivity index (χ2n) is 8.47. The normalized spacial score (nSPS) is 22.1. The monoisotopic (exact) mass is 333 g/mol. The summed E-state index contributed by atoms with van der Waals surface area (Å²) in [4.78, 5) is 7.27. The van der Waals surface area contributed by atoms with E-state index in [-0.39, 0.29) is 11.2 Å². The molecule has 2 fully saturated rings. The van der Waals surface area contributed by atoms with Crippen molar-refractivity contribution in [2.24, 2.45) is 0 Å². The first kappa shape index (κ1) is 17.7. The van der Waals surface area contributed by atoms with Crippen LogP contribution in [0.25, 0.3) is 0 Å². The maximum Gasteiger partial charge on any atom is 0.146 e. The Bertz CT molecular complexity index is 550. The second kappa shape index (κ2) is 7.01. The van der Waals surface area contributed by atoms with E-state index < -0.39 is 0 Å². The van der Waals surface area contributed by atoms with Crippen LogP contribution in [0.5, 0.6) is 0 Å². The van der Waals surface area contributed by atoms with Crippen molar-refractivity contribution in [3.8, 4) is 0 Å². The summed E-state index contributed by atoms with van der Waals surface area (Å²) < 4.78 is 14.6.